The van der Waals surface area contributed by atoms with Crippen molar-refractivity contribution in [3.05, 3.63) is 70.9 Å². The molecule has 0 spiro atoms. The van der Waals surface area contributed by atoms with E-state index in [1.165, 1.54) is 5.56 Å². The molecule has 1 unspecified atom stereocenters. The highest BCUT2D eigenvalue weighted by Crippen LogP contribution is 2.33. The Balaban J connectivity index is 1.49. The molecule has 1 atom stereocenters. The Kier molecular flexibility index (Phi) is 5.39. The lowest BCUT2D eigenvalue weighted by atomic mass is 9.87. The first kappa shape index (κ1) is 18.6. The summed E-state index contributed by atoms with van der Waals surface area (Å²) < 4.78 is 29.5. The maximum absolute atomic E-state index is 12.5. The molecule has 1 aromatic heterocycles. The zero-order valence-corrected chi connectivity index (χ0v) is 15.7. The van der Waals surface area contributed by atoms with Gasteiger partial charge in [0.1, 0.15) is 5.75 Å². The number of benzene rings is 2. The fraction of sp³-hybridized carbons (Fsp3) is 0.318. The summed E-state index contributed by atoms with van der Waals surface area (Å²) in [5, 5.41) is 10.9. The van der Waals surface area contributed by atoms with Crippen LogP contribution in [0.1, 0.15) is 41.1 Å². The zero-order valence-electron chi connectivity index (χ0n) is 15.7. The second kappa shape index (κ2) is 8.10. The van der Waals surface area contributed by atoms with E-state index in [2.05, 4.69) is 45.4 Å². The maximum atomic E-state index is 12.5. The van der Waals surface area contributed by atoms with Crippen molar-refractivity contribution < 1.29 is 13.5 Å². The lowest BCUT2D eigenvalue weighted by Crippen LogP contribution is -2.25. The van der Waals surface area contributed by atoms with Gasteiger partial charge >= 0.3 is 6.61 Å². The van der Waals surface area contributed by atoms with Crippen molar-refractivity contribution in [3.8, 4) is 17.0 Å². The largest absolute Gasteiger partial charge is 0.435 e. The summed E-state index contributed by atoms with van der Waals surface area (Å²) in [5.41, 5.74) is 6.69. The molecule has 4 nitrogen and oxygen atoms in total. The van der Waals surface area contributed by atoms with Gasteiger partial charge in [0, 0.05) is 23.7 Å². The van der Waals surface area contributed by atoms with Gasteiger partial charge in [0.25, 0.3) is 0 Å². The molecule has 4 rings (SSSR count). The average Bonchev–Trinajstić information content (AvgIpc) is 3.14. The molecule has 2 N–H and O–H groups in total. The van der Waals surface area contributed by atoms with Gasteiger partial charge in [0.05, 0.1) is 11.9 Å². The Labute approximate surface area is 162 Å². The summed E-state index contributed by atoms with van der Waals surface area (Å²) in [7, 11) is 0. The molecule has 28 heavy (non-hydrogen) atoms. The van der Waals surface area contributed by atoms with Gasteiger partial charge in [-0.15, -0.1) is 0 Å². The second-order valence-electron chi connectivity index (χ2n) is 7.20. The fourth-order valence-electron chi connectivity index (χ4n) is 3.91. The average molecular weight is 383 g/mol. The normalized spacial score (nSPS) is 16.2. The summed E-state index contributed by atoms with van der Waals surface area (Å²) in [6.45, 7) is -0.0428. The number of fused-ring (bicyclic) bond motifs is 1. The van der Waals surface area contributed by atoms with Crippen LogP contribution in [-0.4, -0.2) is 16.8 Å². The number of nitrogens with one attached hydrogen (secondary N) is 2. The third-order valence-electron chi connectivity index (χ3n) is 5.22. The molecule has 6 heteroatoms. The Morgan fingerprint density at radius 3 is 2.96 bits per heavy atom. The highest BCUT2D eigenvalue weighted by atomic mass is 19.3. The molecule has 1 aliphatic carbocycles. The van der Waals surface area contributed by atoms with Gasteiger partial charge in [0.2, 0.25) is 0 Å². The van der Waals surface area contributed by atoms with Gasteiger partial charge in [-0.05, 0) is 55.5 Å². The lowest BCUT2D eigenvalue weighted by molar-refractivity contribution is -0.0499. The molecule has 1 heterocycles. The van der Waals surface area contributed by atoms with Gasteiger partial charge in [-0.1, -0.05) is 29.8 Å². The van der Waals surface area contributed by atoms with Crippen molar-refractivity contribution >= 4 is 0 Å². The molecule has 1 aliphatic rings. The van der Waals surface area contributed by atoms with Gasteiger partial charge in [-0.2, -0.15) is 13.9 Å². The first-order chi connectivity index (χ1) is 13.6. The van der Waals surface area contributed by atoms with Crippen LogP contribution < -0.4 is 10.1 Å². The van der Waals surface area contributed by atoms with Crippen LogP contribution in [0.2, 0.25) is 0 Å². The van der Waals surface area contributed by atoms with E-state index in [1.54, 1.807) is 12.1 Å². The van der Waals surface area contributed by atoms with Crippen LogP contribution in [0.5, 0.6) is 5.75 Å². The van der Waals surface area contributed by atoms with E-state index in [0.717, 1.165) is 47.2 Å². The smallest absolute Gasteiger partial charge is 0.387 e. The molecule has 0 radical (unpaired) electrons. The Morgan fingerprint density at radius 2 is 2.14 bits per heavy atom. The lowest BCUT2D eigenvalue weighted by Gasteiger charge is -2.27. The van der Waals surface area contributed by atoms with E-state index in [0.29, 0.717) is 6.54 Å². The minimum Gasteiger partial charge on any atom is -0.435 e. The number of hydrogen-bond donors (Lipinski definition) is 2. The number of alkyl halides is 2. The van der Waals surface area contributed by atoms with Gasteiger partial charge in [-0.25, -0.2) is 0 Å². The topological polar surface area (TPSA) is 49.9 Å². The first-order valence-electron chi connectivity index (χ1n) is 9.50. The number of halogens is 2. The number of aryl methyl sites for hydroxylation is 2. The maximum Gasteiger partial charge on any atom is 0.387 e. The highest BCUT2D eigenvalue weighted by molar-refractivity contribution is 5.63. The van der Waals surface area contributed by atoms with Crippen LogP contribution in [0.25, 0.3) is 11.3 Å². The molecule has 0 amide bonds. The van der Waals surface area contributed by atoms with Gasteiger partial charge < -0.3 is 10.1 Å². The van der Waals surface area contributed by atoms with Crippen molar-refractivity contribution in [1.29, 1.82) is 0 Å². The third kappa shape index (κ3) is 4.07. The van der Waals surface area contributed by atoms with E-state index < -0.39 is 6.61 Å². The van der Waals surface area contributed by atoms with Crippen molar-refractivity contribution in [2.75, 3.05) is 0 Å². The van der Waals surface area contributed by atoms with Gasteiger partial charge in [-0.3, -0.25) is 5.10 Å². The Bertz CT molecular complexity index is 954. The number of H-pyrrole nitrogens is 1. The summed E-state index contributed by atoms with van der Waals surface area (Å²) in [5.74, 6) is 0.228. The van der Waals surface area contributed by atoms with Crippen molar-refractivity contribution in [2.45, 2.75) is 45.4 Å². The van der Waals surface area contributed by atoms with Crippen molar-refractivity contribution in [2.24, 2.45) is 0 Å². The molecule has 146 valence electrons. The number of aromatic nitrogens is 2. The number of aromatic amines is 1. The molecule has 0 aliphatic heterocycles. The molecule has 0 fully saturated rings. The SMILES string of the molecule is Cc1cccc(-c2[nH]ncc2CNC2CCCc3cc(OC(F)F)ccc32)c1. The monoisotopic (exact) mass is 383 g/mol. The van der Waals surface area contributed by atoms with E-state index in [1.807, 2.05) is 18.3 Å². The number of ether oxygens (including phenoxy) is 1. The quantitative estimate of drug-likeness (QED) is 0.619. The zero-order chi connectivity index (χ0) is 19.5. The minimum absolute atomic E-state index is 0.185. The van der Waals surface area contributed by atoms with Gasteiger partial charge in [0.15, 0.2) is 0 Å². The van der Waals surface area contributed by atoms with Crippen LogP contribution >= 0.6 is 0 Å². The summed E-state index contributed by atoms with van der Waals surface area (Å²) in [6, 6.07) is 13.8. The fourth-order valence-corrected chi connectivity index (χ4v) is 3.91. The van der Waals surface area contributed by atoms with Crippen molar-refractivity contribution in [1.82, 2.24) is 15.5 Å². The number of rotatable bonds is 6. The molecule has 2 aromatic carbocycles. The molecular formula is C22H23F2N3O. The highest BCUT2D eigenvalue weighted by Gasteiger charge is 2.21. The standard InChI is InChI=1S/C22H23F2N3O/c1-14-4-2-6-16(10-14)21-17(13-26-27-21)12-25-20-7-3-5-15-11-18(28-22(23)24)8-9-19(15)20/h2,4,6,8-11,13,20,22,25H,3,5,7,12H2,1H3,(H,26,27). The Hall–Kier alpha value is -2.73. The van der Waals surface area contributed by atoms with Crippen molar-refractivity contribution in [3.63, 3.8) is 0 Å². The van der Waals surface area contributed by atoms with Crippen LogP contribution in [0.15, 0.2) is 48.7 Å². The predicted octanol–water partition coefficient (Wildman–Crippen LogP) is 5.15. The third-order valence-corrected chi connectivity index (χ3v) is 5.22. The van der Waals surface area contributed by atoms with E-state index in [4.69, 9.17) is 0 Å². The summed E-state index contributed by atoms with van der Waals surface area (Å²) >= 11 is 0. The van der Waals surface area contributed by atoms with Crippen LogP contribution in [0, 0.1) is 6.92 Å². The van der Waals surface area contributed by atoms with Crippen LogP contribution in [0.3, 0.4) is 0 Å². The first-order valence-corrected chi connectivity index (χ1v) is 9.50. The summed E-state index contributed by atoms with van der Waals surface area (Å²) in [6.07, 6.45) is 4.76. The van der Waals surface area contributed by atoms with Crippen LogP contribution in [0.4, 0.5) is 8.78 Å². The minimum atomic E-state index is -2.79. The number of nitrogens with zero attached hydrogens (tertiary/aromatic N) is 1. The van der Waals surface area contributed by atoms with Crippen LogP contribution in [-0.2, 0) is 13.0 Å². The van der Waals surface area contributed by atoms with E-state index in [-0.39, 0.29) is 11.8 Å². The molecule has 0 bridgehead atoms. The predicted molar refractivity (Wildman–Crippen MR) is 104 cm³/mol. The number of hydrogen-bond acceptors (Lipinski definition) is 3. The van der Waals surface area contributed by atoms with E-state index in [9.17, 15) is 8.78 Å². The molecular weight excluding hydrogens is 360 g/mol. The second-order valence-corrected chi connectivity index (χ2v) is 7.20. The summed E-state index contributed by atoms with van der Waals surface area (Å²) in [4.78, 5) is 0. The molecule has 3 aromatic rings. The van der Waals surface area contributed by atoms with E-state index >= 15 is 0 Å². The molecule has 0 saturated carbocycles. The molecule has 0 saturated heterocycles. The Morgan fingerprint density at radius 1 is 1.25 bits per heavy atom.